The Morgan fingerprint density at radius 3 is 2.80 bits per heavy atom. The van der Waals surface area contributed by atoms with Gasteiger partial charge >= 0.3 is 6.09 Å². The van der Waals surface area contributed by atoms with Gasteiger partial charge in [0.1, 0.15) is 0 Å². The van der Waals surface area contributed by atoms with Gasteiger partial charge < -0.3 is 20.9 Å². The van der Waals surface area contributed by atoms with Crippen LogP contribution in [0.25, 0.3) is 0 Å². The topological polar surface area (TPSA) is 87.8 Å². The second-order valence-corrected chi connectivity index (χ2v) is 5.05. The van der Waals surface area contributed by atoms with Crippen LogP contribution in [0.3, 0.4) is 0 Å². The Hall–Kier alpha value is -1.95. The summed E-state index contributed by atoms with van der Waals surface area (Å²) in [6.07, 6.45) is 1.12. The van der Waals surface area contributed by atoms with E-state index in [4.69, 9.17) is 15.6 Å². The van der Waals surface area contributed by atoms with Crippen LogP contribution >= 0.6 is 0 Å². The Labute approximate surface area is 118 Å². The molecule has 110 valence electrons. The highest BCUT2D eigenvalue weighted by Crippen LogP contribution is 2.26. The monoisotopic (exact) mass is 279 g/mol. The Morgan fingerprint density at radius 2 is 2.20 bits per heavy atom. The van der Waals surface area contributed by atoms with Crippen LogP contribution in [0.5, 0.6) is 0 Å². The number of hydrogen-bond acceptors (Lipinski definition) is 4. The molecule has 6 heteroatoms. The van der Waals surface area contributed by atoms with Crippen molar-refractivity contribution in [3.63, 3.8) is 0 Å². The molecular weight excluding hydrogens is 258 g/mol. The molecule has 0 spiro atoms. The number of carboxylic acid groups (broad SMARTS) is 1. The first-order valence-electron chi connectivity index (χ1n) is 6.75. The molecule has 1 saturated heterocycles. The second-order valence-electron chi connectivity index (χ2n) is 5.05. The van der Waals surface area contributed by atoms with Gasteiger partial charge in [-0.15, -0.1) is 0 Å². The molecule has 20 heavy (non-hydrogen) atoms. The summed E-state index contributed by atoms with van der Waals surface area (Å²) in [6.45, 7) is 2.51. The zero-order valence-electron chi connectivity index (χ0n) is 11.6. The second kappa shape index (κ2) is 6.47. The Balaban J connectivity index is 1.96. The summed E-state index contributed by atoms with van der Waals surface area (Å²) in [7, 11) is 1.49. The largest absolute Gasteiger partial charge is 0.465 e. The molecule has 0 aliphatic carbocycles. The lowest BCUT2D eigenvalue weighted by Crippen LogP contribution is -2.24. The fourth-order valence-corrected chi connectivity index (χ4v) is 2.23. The summed E-state index contributed by atoms with van der Waals surface area (Å²) in [5.41, 5.74) is 7.93. The molecule has 4 N–H and O–H groups in total. The number of nitrogen functional groups attached to an aromatic ring is 1. The minimum absolute atomic E-state index is 0.558. The summed E-state index contributed by atoms with van der Waals surface area (Å²) in [4.78, 5) is 12.0. The fourth-order valence-electron chi connectivity index (χ4n) is 2.23. The van der Waals surface area contributed by atoms with Crippen LogP contribution in [-0.2, 0) is 4.74 Å². The number of ether oxygens (including phenoxy) is 1. The summed E-state index contributed by atoms with van der Waals surface area (Å²) in [5.74, 6) is 0.601. The predicted molar refractivity (Wildman–Crippen MR) is 79.3 cm³/mol. The van der Waals surface area contributed by atoms with Crippen LogP contribution < -0.4 is 16.0 Å². The van der Waals surface area contributed by atoms with E-state index in [0.717, 1.165) is 43.2 Å². The normalized spacial score (nSPS) is 15.8. The van der Waals surface area contributed by atoms with Crippen molar-refractivity contribution in [3.8, 4) is 0 Å². The average molecular weight is 279 g/mol. The van der Waals surface area contributed by atoms with Gasteiger partial charge in [0.15, 0.2) is 0 Å². The molecule has 0 atom stereocenters. The number of nitrogens with two attached hydrogens (primary N) is 1. The summed E-state index contributed by atoms with van der Waals surface area (Å²) in [5, 5.41) is 12.3. The third-order valence-electron chi connectivity index (χ3n) is 3.63. The Bertz CT molecular complexity index is 473. The molecule has 1 aliphatic rings. The van der Waals surface area contributed by atoms with Crippen LogP contribution in [0, 0.1) is 5.92 Å². The van der Waals surface area contributed by atoms with Gasteiger partial charge in [-0.1, -0.05) is 0 Å². The van der Waals surface area contributed by atoms with Gasteiger partial charge in [-0.2, -0.15) is 0 Å². The van der Waals surface area contributed by atoms with E-state index in [2.05, 4.69) is 5.32 Å². The molecule has 1 aliphatic heterocycles. The van der Waals surface area contributed by atoms with Crippen molar-refractivity contribution < 1.29 is 14.6 Å². The van der Waals surface area contributed by atoms with Crippen molar-refractivity contribution in [3.05, 3.63) is 18.2 Å². The molecule has 1 aromatic carbocycles. The minimum atomic E-state index is -1.01. The summed E-state index contributed by atoms with van der Waals surface area (Å²) >= 11 is 0. The molecule has 0 aromatic heterocycles. The molecule has 1 amide bonds. The SMILES string of the molecule is CN(C(=O)O)c1ccc(NCC2CCOCC2)c(N)c1. The van der Waals surface area contributed by atoms with Gasteiger partial charge in [-0.25, -0.2) is 4.79 Å². The van der Waals surface area contributed by atoms with Crippen LogP contribution in [-0.4, -0.2) is 38.0 Å². The van der Waals surface area contributed by atoms with Crippen molar-refractivity contribution in [1.82, 2.24) is 0 Å². The first-order chi connectivity index (χ1) is 9.58. The first kappa shape index (κ1) is 14.5. The molecule has 1 heterocycles. The molecule has 0 radical (unpaired) electrons. The highest BCUT2D eigenvalue weighted by molar-refractivity contribution is 5.87. The molecule has 0 saturated carbocycles. The van der Waals surface area contributed by atoms with Gasteiger partial charge in [0.25, 0.3) is 0 Å². The molecule has 0 unspecified atom stereocenters. The molecule has 6 nitrogen and oxygen atoms in total. The molecule has 1 aromatic rings. The zero-order chi connectivity index (χ0) is 14.5. The number of rotatable bonds is 4. The summed E-state index contributed by atoms with van der Waals surface area (Å²) < 4.78 is 5.33. The molecule has 1 fully saturated rings. The van der Waals surface area contributed by atoms with E-state index < -0.39 is 6.09 Å². The van der Waals surface area contributed by atoms with E-state index in [0.29, 0.717) is 17.3 Å². The highest BCUT2D eigenvalue weighted by atomic mass is 16.5. The summed E-state index contributed by atoms with van der Waals surface area (Å²) in [6, 6.07) is 5.24. The van der Waals surface area contributed by atoms with E-state index in [1.165, 1.54) is 7.05 Å². The van der Waals surface area contributed by atoms with Crippen molar-refractivity contribution >= 4 is 23.2 Å². The van der Waals surface area contributed by atoms with Crippen LogP contribution in [0.1, 0.15) is 12.8 Å². The van der Waals surface area contributed by atoms with Gasteiger partial charge in [0, 0.05) is 32.5 Å². The van der Waals surface area contributed by atoms with Crippen molar-refractivity contribution in [1.29, 1.82) is 0 Å². The van der Waals surface area contributed by atoms with E-state index in [1.54, 1.807) is 12.1 Å². The van der Waals surface area contributed by atoms with Crippen LogP contribution in [0.2, 0.25) is 0 Å². The lowest BCUT2D eigenvalue weighted by molar-refractivity contribution is 0.0699. The standard InChI is InChI=1S/C14H21N3O3/c1-17(14(18)19)11-2-3-13(12(15)8-11)16-9-10-4-6-20-7-5-10/h2-3,8,10,16H,4-7,9,15H2,1H3,(H,18,19). The lowest BCUT2D eigenvalue weighted by atomic mass is 10.0. The van der Waals surface area contributed by atoms with E-state index in [9.17, 15) is 4.79 Å². The van der Waals surface area contributed by atoms with Crippen LogP contribution in [0.4, 0.5) is 21.9 Å². The number of anilines is 3. The lowest BCUT2D eigenvalue weighted by Gasteiger charge is -2.23. The minimum Gasteiger partial charge on any atom is -0.465 e. The fraction of sp³-hybridized carbons (Fsp3) is 0.500. The van der Waals surface area contributed by atoms with Crippen molar-refractivity contribution in [2.75, 3.05) is 42.8 Å². The average Bonchev–Trinajstić information content (AvgIpc) is 2.46. The van der Waals surface area contributed by atoms with Gasteiger partial charge in [-0.05, 0) is 37.0 Å². The molecular formula is C14H21N3O3. The number of hydrogen-bond donors (Lipinski definition) is 3. The smallest absolute Gasteiger partial charge is 0.411 e. The van der Waals surface area contributed by atoms with Gasteiger partial charge in [0.2, 0.25) is 0 Å². The van der Waals surface area contributed by atoms with Crippen LogP contribution in [0.15, 0.2) is 18.2 Å². The number of carbonyl (C=O) groups is 1. The van der Waals surface area contributed by atoms with Gasteiger partial charge in [-0.3, -0.25) is 4.90 Å². The Kier molecular flexibility index (Phi) is 4.68. The maximum atomic E-state index is 10.9. The van der Waals surface area contributed by atoms with E-state index >= 15 is 0 Å². The van der Waals surface area contributed by atoms with Crippen molar-refractivity contribution in [2.24, 2.45) is 5.92 Å². The highest BCUT2D eigenvalue weighted by Gasteiger charge is 2.14. The maximum Gasteiger partial charge on any atom is 0.411 e. The maximum absolute atomic E-state index is 10.9. The van der Waals surface area contributed by atoms with Crippen molar-refractivity contribution in [2.45, 2.75) is 12.8 Å². The first-order valence-corrected chi connectivity index (χ1v) is 6.75. The zero-order valence-corrected chi connectivity index (χ0v) is 11.6. The Morgan fingerprint density at radius 1 is 1.50 bits per heavy atom. The van der Waals surface area contributed by atoms with E-state index in [1.807, 2.05) is 6.07 Å². The third-order valence-corrected chi connectivity index (χ3v) is 3.63. The molecule has 2 rings (SSSR count). The number of benzene rings is 1. The van der Waals surface area contributed by atoms with Gasteiger partial charge in [0.05, 0.1) is 11.4 Å². The third kappa shape index (κ3) is 3.54. The molecule has 0 bridgehead atoms. The quantitative estimate of drug-likeness (QED) is 0.735. The number of amides is 1. The van der Waals surface area contributed by atoms with E-state index in [-0.39, 0.29) is 0 Å². The number of nitrogens with one attached hydrogen (secondary N) is 1. The predicted octanol–water partition coefficient (Wildman–Crippen LogP) is 2.22. The number of nitrogens with zero attached hydrogens (tertiary/aromatic N) is 1.